The number of aromatic nitrogens is 2. The molecule has 4 aromatic rings. The zero-order chi connectivity index (χ0) is 19.0. The van der Waals surface area contributed by atoms with Crippen molar-refractivity contribution < 1.29 is 0 Å². The van der Waals surface area contributed by atoms with Gasteiger partial charge < -0.3 is 16.8 Å². The van der Waals surface area contributed by atoms with Crippen LogP contribution in [0.15, 0.2) is 65.1 Å². The first-order chi connectivity index (χ1) is 13.0. The van der Waals surface area contributed by atoms with Crippen LogP contribution in [0, 0.1) is 6.92 Å². The van der Waals surface area contributed by atoms with Crippen LogP contribution in [0.1, 0.15) is 5.56 Å². The quantitative estimate of drug-likeness (QED) is 0.393. The van der Waals surface area contributed by atoms with Crippen LogP contribution in [0.4, 0.5) is 23.1 Å². The molecule has 0 bridgehead atoms. The summed E-state index contributed by atoms with van der Waals surface area (Å²) >= 11 is 3.49. The summed E-state index contributed by atoms with van der Waals surface area (Å²) in [6.45, 7) is 2.05. The SMILES string of the molecule is Cc1ccc(N)c(-c2ccc3nc(N)nc(Nc4cccc(Br)c4)c3c2)c1. The minimum absolute atomic E-state index is 0.225. The second-order valence-corrected chi connectivity index (χ2v) is 7.30. The fourth-order valence-corrected chi connectivity index (χ4v) is 3.43. The summed E-state index contributed by atoms with van der Waals surface area (Å²) in [5, 5.41) is 4.22. The van der Waals surface area contributed by atoms with E-state index < -0.39 is 0 Å². The number of benzene rings is 3. The molecule has 27 heavy (non-hydrogen) atoms. The summed E-state index contributed by atoms with van der Waals surface area (Å²) in [7, 11) is 0. The molecule has 0 saturated heterocycles. The van der Waals surface area contributed by atoms with E-state index >= 15 is 0 Å². The van der Waals surface area contributed by atoms with E-state index in [9.17, 15) is 0 Å². The van der Waals surface area contributed by atoms with E-state index in [1.165, 1.54) is 0 Å². The van der Waals surface area contributed by atoms with E-state index in [4.69, 9.17) is 11.5 Å². The molecule has 0 atom stereocenters. The number of fused-ring (bicyclic) bond motifs is 1. The van der Waals surface area contributed by atoms with Crippen molar-refractivity contribution in [2.24, 2.45) is 0 Å². The molecule has 0 radical (unpaired) electrons. The van der Waals surface area contributed by atoms with Gasteiger partial charge in [-0.05, 0) is 55.0 Å². The van der Waals surface area contributed by atoms with Gasteiger partial charge in [0.15, 0.2) is 0 Å². The number of aryl methyl sites for hydroxylation is 1. The van der Waals surface area contributed by atoms with Crippen molar-refractivity contribution in [1.29, 1.82) is 0 Å². The molecule has 1 heterocycles. The third kappa shape index (κ3) is 3.57. The number of hydrogen-bond donors (Lipinski definition) is 3. The lowest BCUT2D eigenvalue weighted by molar-refractivity contribution is 1.23. The minimum atomic E-state index is 0.225. The molecule has 4 rings (SSSR count). The normalized spacial score (nSPS) is 10.9. The van der Waals surface area contributed by atoms with Crippen LogP contribution in [0.2, 0.25) is 0 Å². The van der Waals surface area contributed by atoms with Gasteiger partial charge in [-0.3, -0.25) is 0 Å². The van der Waals surface area contributed by atoms with Gasteiger partial charge in [0.1, 0.15) is 5.82 Å². The van der Waals surface area contributed by atoms with Crippen molar-refractivity contribution in [2.75, 3.05) is 16.8 Å². The van der Waals surface area contributed by atoms with Gasteiger partial charge in [-0.1, -0.05) is 39.7 Å². The molecular formula is C21H18BrN5. The number of rotatable bonds is 3. The maximum absolute atomic E-state index is 6.20. The van der Waals surface area contributed by atoms with E-state index in [1.54, 1.807) is 0 Å². The van der Waals surface area contributed by atoms with Crippen LogP contribution >= 0.6 is 15.9 Å². The standard InChI is InChI=1S/C21H18BrN5/c1-12-5-7-18(23)16(9-12)13-6-8-19-17(10-13)20(27-21(24)26-19)25-15-4-2-3-14(22)11-15/h2-11H,23H2,1H3,(H3,24,25,26,27). The van der Waals surface area contributed by atoms with Gasteiger partial charge in [0.05, 0.1) is 5.52 Å². The third-order valence-corrected chi connectivity index (χ3v) is 4.81. The molecule has 0 unspecified atom stereocenters. The van der Waals surface area contributed by atoms with E-state index in [-0.39, 0.29) is 5.95 Å². The Balaban J connectivity index is 1.87. The molecule has 0 aliphatic heterocycles. The lowest BCUT2D eigenvalue weighted by atomic mass is 10.00. The molecule has 0 aliphatic carbocycles. The first-order valence-electron chi connectivity index (χ1n) is 8.46. The Hall–Kier alpha value is -3.12. The number of anilines is 4. The Morgan fingerprint density at radius 3 is 2.59 bits per heavy atom. The average molecular weight is 420 g/mol. The van der Waals surface area contributed by atoms with Crippen LogP contribution in [-0.4, -0.2) is 9.97 Å². The van der Waals surface area contributed by atoms with Gasteiger partial charge in [-0.25, -0.2) is 4.98 Å². The van der Waals surface area contributed by atoms with Gasteiger partial charge in [0.2, 0.25) is 5.95 Å². The summed E-state index contributed by atoms with van der Waals surface area (Å²) in [6, 6.07) is 19.9. The fourth-order valence-electron chi connectivity index (χ4n) is 3.03. The summed E-state index contributed by atoms with van der Waals surface area (Å²) in [6.07, 6.45) is 0. The molecule has 0 amide bonds. The van der Waals surface area contributed by atoms with Crippen LogP contribution in [0.5, 0.6) is 0 Å². The molecule has 5 nitrogen and oxygen atoms in total. The molecule has 0 saturated carbocycles. The minimum Gasteiger partial charge on any atom is -0.398 e. The van der Waals surface area contributed by atoms with E-state index in [0.717, 1.165) is 43.4 Å². The fraction of sp³-hybridized carbons (Fsp3) is 0.0476. The van der Waals surface area contributed by atoms with E-state index in [0.29, 0.717) is 5.82 Å². The topological polar surface area (TPSA) is 89.8 Å². The molecule has 134 valence electrons. The Kier molecular flexibility index (Phi) is 4.41. The highest BCUT2D eigenvalue weighted by atomic mass is 79.9. The van der Waals surface area contributed by atoms with Crippen molar-refractivity contribution in [3.05, 3.63) is 70.7 Å². The largest absolute Gasteiger partial charge is 0.398 e. The third-order valence-electron chi connectivity index (χ3n) is 4.32. The summed E-state index contributed by atoms with van der Waals surface area (Å²) < 4.78 is 0.979. The number of nitrogen functional groups attached to an aromatic ring is 2. The van der Waals surface area contributed by atoms with Crippen molar-refractivity contribution in [3.8, 4) is 11.1 Å². The smallest absolute Gasteiger partial charge is 0.222 e. The number of nitrogens with two attached hydrogens (primary N) is 2. The Bertz CT molecular complexity index is 1160. The van der Waals surface area contributed by atoms with Crippen molar-refractivity contribution in [3.63, 3.8) is 0 Å². The molecule has 6 heteroatoms. The predicted octanol–water partition coefficient (Wildman–Crippen LogP) is 5.28. The second-order valence-electron chi connectivity index (χ2n) is 6.39. The van der Waals surface area contributed by atoms with Crippen molar-refractivity contribution >= 4 is 50.0 Å². The van der Waals surface area contributed by atoms with Crippen molar-refractivity contribution in [1.82, 2.24) is 9.97 Å². The van der Waals surface area contributed by atoms with Gasteiger partial charge in [-0.2, -0.15) is 4.98 Å². The molecule has 5 N–H and O–H groups in total. The van der Waals surface area contributed by atoms with Gasteiger partial charge in [0, 0.05) is 26.8 Å². The van der Waals surface area contributed by atoms with Crippen molar-refractivity contribution in [2.45, 2.75) is 6.92 Å². The first-order valence-corrected chi connectivity index (χ1v) is 9.25. The first kappa shape index (κ1) is 17.3. The predicted molar refractivity (Wildman–Crippen MR) is 116 cm³/mol. The lowest BCUT2D eigenvalue weighted by Crippen LogP contribution is -2.01. The summed E-state index contributed by atoms with van der Waals surface area (Å²) in [5.74, 6) is 0.881. The number of halogens is 1. The van der Waals surface area contributed by atoms with Crippen LogP contribution < -0.4 is 16.8 Å². The highest BCUT2D eigenvalue weighted by Gasteiger charge is 2.10. The number of nitrogens with one attached hydrogen (secondary N) is 1. The van der Waals surface area contributed by atoms with E-state index in [1.807, 2.05) is 61.5 Å². The number of nitrogens with zero attached hydrogens (tertiary/aromatic N) is 2. The molecule has 3 aromatic carbocycles. The Labute approximate surface area is 165 Å². The Morgan fingerprint density at radius 1 is 0.926 bits per heavy atom. The summed E-state index contributed by atoms with van der Waals surface area (Å²) in [5.41, 5.74) is 17.7. The number of hydrogen-bond acceptors (Lipinski definition) is 5. The molecule has 0 spiro atoms. The highest BCUT2D eigenvalue weighted by Crippen LogP contribution is 2.32. The monoisotopic (exact) mass is 419 g/mol. The second kappa shape index (κ2) is 6.89. The Morgan fingerprint density at radius 2 is 1.78 bits per heavy atom. The molecule has 0 aliphatic rings. The molecule has 1 aromatic heterocycles. The average Bonchev–Trinajstić information content (AvgIpc) is 2.63. The maximum atomic E-state index is 6.20. The van der Waals surface area contributed by atoms with Crippen LogP contribution in [0.25, 0.3) is 22.0 Å². The maximum Gasteiger partial charge on any atom is 0.222 e. The zero-order valence-electron chi connectivity index (χ0n) is 14.7. The van der Waals surface area contributed by atoms with Gasteiger partial charge >= 0.3 is 0 Å². The molecule has 0 fully saturated rings. The molecular weight excluding hydrogens is 402 g/mol. The van der Waals surface area contributed by atoms with E-state index in [2.05, 4.69) is 37.3 Å². The lowest BCUT2D eigenvalue weighted by Gasteiger charge is -2.12. The van der Waals surface area contributed by atoms with Gasteiger partial charge in [0.25, 0.3) is 0 Å². The highest BCUT2D eigenvalue weighted by molar-refractivity contribution is 9.10. The zero-order valence-corrected chi connectivity index (χ0v) is 16.3. The van der Waals surface area contributed by atoms with Gasteiger partial charge in [-0.15, -0.1) is 0 Å². The summed E-state index contributed by atoms with van der Waals surface area (Å²) in [4.78, 5) is 8.77. The van der Waals surface area contributed by atoms with Crippen LogP contribution in [0.3, 0.4) is 0 Å². The van der Waals surface area contributed by atoms with Crippen LogP contribution in [-0.2, 0) is 0 Å².